The SMILES string of the molecule is CC(N)Cc1cc(F)c(N(C)Cc2ccccc2)c(F)c1. The highest BCUT2D eigenvalue weighted by atomic mass is 19.1. The predicted octanol–water partition coefficient (Wildman–Crippen LogP) is 3.49. The molecule has 2 aromatic carbocycles. The standard InChI is InChI=1S/C17H20F2N2/c1-12(20)8-14-9-15(18)17(16(19)10-14)21(2)11-13-6-4-3-5-7-13/h3-7,9-10,12H,8,11,20H2,1-2H3. The van der Waals surface area contributed by atoms with E-state index in [0.717, 1.165) is 5.56 Å². The lowest BCUT2D eigenvalue weighted by molar-refractivity contribution is 0.571. The molecule has 0 aliphatic carbocycles. The molecule has 2 rings (SSSR count). The van der Waals surface area contributed by atoms with Crippen LogP contribution in [0.2, 0.25) is 0 Å². The number of anilines is 1. The van der Waals surface area contributed by atoms with E-state index in [4.69, 9.17) is 5.73 Å². The fraction of sp³-hybridized carbons (Fsp3) is 0.294. The van der Waals surface area contributed by atoms with Gasteiger partial charge in [-0.15, -0.1) is 0 Å². The normalized spacial score (nSPS) is 12.2. The van der Waals surface area contributed by atoms with Gasteiger partial charge >= 0.3 is 0 Å². The second-order valence-electron chi connectivity index (χ2n) is 5.43. The van der Waals surface area contributed by atoms with Crippen molar-refractivity contribution in [2.45, 2.75) is 25.9 Å². The molecule has 112 valence electrons. The summed E-state index contributed by atoms with van der Waals surface area (Å²) in [6.07, 6.45) is 0.455. The van der Waals surface area contributed by atoms with Gasteiger partial charge in [0, 0.05) is 19.6 Å². The van der Waals surface area contributed by atoms with E-state index in [9.17, 15) is 8.78 Å². The molecule has 0 saturated carbocycles. The van der Waals surface area contributed by atoms with Crippen LogP contribution < -0.4 is 10.6 Å². The van der Waals surface area contributed by atoms with Crippen molar-refractivity contribution in [3.05, 3.63) is 65.2 Å². The van der Waals surface area contributed by atoms with Crippen LogP contribution in [-0.4, -0.2) is 13.1 Å². The number of nitrogens with zero attached hydrogens (tertiary/aromatic N) is 1. The Hall–Kier alpha value is -1.94. The lowest BCUT2D eigenvalue weighted by Crippen LogP contribution is -2.21. The summed E-state index contributed by atoms with van der Waals surface area (Å²) in [5, 5.41) is 0. The highest BCUT2D eigenvalue weighted by molar-refractivity contribution is 5.50. The number of rotatable bonds is 5. The van der Waals surface area contributed by atoms with Crippen molar-refractivity contribution >= 4 is 5.69 Å². The Morgan fingerprint density at radius 2 is 1.62 bits per heavy atom. The molecule has 2 aromatic rings. The van der Waals surface area contributed by atoms with Crippen LogP contribution in [0.4, 0.5) is 14.5 Å². The summed E-state index contributed by atoms with van der Waals surface area (Å²) >= 11 is 0. The molecule has 0 radical (unpaired) electrons. The Kier molecular flexibility index (Phi) is 4.91. The summed E-state index contributed by atoms with van der Waals surface area (Å²) < 4.78 is 28.4. The maximum absolute atomic E-state index is 14.2. The fourth-order valence-corrected chi connectivity index (χ4v) is 2.41. The first-order valence-electron chi connectivity index (χ1n) is 6.96. The van der Waals surface area contributed by atoms with Crippen LogP contribution in [0.3, 0.4) is 0 Å². The Morgan fingerprint density at radius 1 is 1.05 bits per heavy atom. The monoisotopic (exact) mass is 290 g/mol. The smallest absolute Gasteiger partial charge is 0.149 e. The first kappa shape index (κ1) is 15.4. The maximum Gasteiger partial charge on any atom is 0.149 e. The first-order chi connectivity index (χ1) is 9.97. The molecule has 4 heteroatoms. The van der Waals surface area contributed by atoms with Crippen LogP contribution in [0, 0.1) is 11.6 Å². The van der Waals surface area contributed by atoms with Gasteiger partial charge in [-0.2, -0.15) is 0 Å². The van der Waals surface area contributed by atoms with Crippen LogP contribution in [0.25, 0.3) is 0 Å². The molecule has 1 unspecified atom stereocenters. The van der Waals surface area contributed by atoms with Gasteiger partial charge < -0.3 is 10.6 Å². The number of hydrogen-bond acceptors (Lipinski definition) is 2. The van der Waals surface area contributed by atoms with Crippen molar-refractivity contribution in [3.8, 4) is 0 Å². The molecule has 0 amide bonds. The average Bonchev–Trinajstić information content (AvgIpc) is 2.38. The molecular weight excluding hydrogens is 270 g/mol. The third kappa shape index (κ3) is 4.02. The van der Waals surface area contributed by atoms with Gasteiger partial charge in [0.2, 0.25) is 0 Å². The van der Waals surface area contributed by atoms with Crippen molar-refractivity contribution in [2.75, 3.05) is 11.9 Å². The van der Waals surface area contributed by atoms with Crippen LogP contribution in [0.15, 0.2) is 42.5 Å². The molecule has 0 saturated heterocycles. The average molecular weight is 290 g/mol. The summed E-state index contributed by atoms with van der Waals surface area (Å²) in [5.74, 6) is -1.10. The minimum absolute atomic E-state index is 0.00715. The van der Waals surface area contributed by atoms with Crippen molar-refractivity contribution in [1.29, 1.82) is 0 Å². The van der Waals surface area contributed by atoms with E-state index in [2.05, 4.69) is 0 Å². The Bertz CT molecular complexity index is 574. The van der Waals surface area contributed by atoms with Gasteiger partial charge in [-0.1, -0.05) is 30.3 Å². The van der Waals surface area contributed by atoms with Gasteiger partial charge in [0.1, 0.15) is 17.3 Å². The summed E-state index contributed by atoms with van der Waals surface area (Å²) in [5.41, 5.74) is 7.24. The minimum Gasteiger partial charge on any atom is -0.366 e. The van der Waals surface area contributed by atoms with Crippen LogP contribution >= 0.6 is 0 Å². The van der Waals surface area contributed by atoms with Gasteiger partial charge in [0.15, 0.2) is 0 Å². The third-order valence-corrected chi connectivity index (χ3v) is 3.28. The molecule has 21 heavy (non-hydrogen) atoms. The summed E-state index contributed by atoms with van der Waals surface area (Å²) in [6.45, 7) is 2.26. The number of benzene rings is 2. The van der Waals surface area contributed by atoms with Gasteiger partial charge in [-0.05, 0) is 36.6 Å². The highest BCUT2D eigenvalue weighted by Crippen LogP contribution is 2.25. The maximum atomic E-state index is 14.2. The zero-order valence-electron chi connectivity index (χ0n) is 12.3. The molecule has 0 heterocycles. The molecule has 0 spiro atoms. The van der Waals surface area contributed by atoms with Gasteiger partial charge in [0.25, 0.3) is 0 Å². The summed E-state index contributed by atoms with van der Waals surface area (Å²) in [6, 6.07) is 12.2. The van der Waals surface area contributed by atoms with E-state index < -0.39 is 11.6 Å². The number of halogens is 2. The van der Waals surface area contributed by atoms with Crippen molar-refractivity contribution in [2.24, 2.45) is 5.73 Å². The zero-order valence-corrected chi connectivity index (χ0v) is 12.3. The van der Waals surface area contributed by atoms with Crippen molar-refractivity contribution in [1.82, 2.24) is 0 Å². The van der Waals surface area contributed by atoms with E-state index >= 15 is 0 Å². The van der Waals surface area contributed by atoms with E-state index in [1.165, 1.54) is 12.1 Å². The van der Waals surface area contributed by atoms with E-state index in [-0.39, 0.29) is 11.7 Å². The third-order valence-electron chi connectivity index (χ3n) is 3.28. The molecule has 0 aliphatic heterocycles. The Labute approximate surface area is 124 Å². The molecule has 2 N–H and O–H groups in total. The first-order valence-corrected chi connectivity index (χ1v) is 6.96. The van der Waals surface area contributed by atoms with Crippen molar-refractivity contribution in [3.63, 3.8) is 0 Å². The molecule has 0 bridgehead atoms. The van der Waals surface area contributed by atoms with Crippen LogP contribution in [-0.2, 0) is 13.0 Å². The molecule has 0 aliphatic rings. The van der Waals surface area contributed by atoms with Crippen LogP contribution in [0.5, 0.6) is 0 Å². The van der Waals surface area contributed by atoms with Gasteiger partial charge in [-0.25, -0.2) is 8.78 Å². The minimum atomic E-state index is -0.552. The van der Waals surface area contributed by atoms with E-state index in [1.54, 1.807) is 11.9 Å². The van der Waals surface area contributed by atoms with Crippen molar-refractivity contribution < 1.29 is 8.78 Å². The number of hydrogen-bond donors (Lipinski definition) is 1. The highest BCUT2D eigenvalue weighted by Gasteiger charge is 2.16. The van der Waals surface area contributed by atoms with E-state index in [1.807, 2.05) is 37.3 Å². The lowest BCUT2D eigenvalue weighted by atomic mass is 10.1. The Morgan fingerprint density at radius 3 is 2.14 bits per heavy atom. The molecule has 0 fully saturated rings. The lowest BCUT2D eigenvalue weighted by Gasteiger charge is -2.21. The molecule has 1 atom stereocenters. The molecule has 0 aromatic heterocycles. The number of nitrogens with two attached hydrogens (primary N) is 1. The predicted molar refractivity (Wildman–Crippen MR) is 82.3 cm³/mol. The second-order valence-corrected chi connectivity index (χ2v) is 5.43. The quantitative estimate of drug-likeness (QED) is 0.913. The molecule has 2 nitrogen and oxygen atoms in total. The van der Waals surface area contributed by atoms with Crippen LogP contribution in [0.1, 0.15) is 18.1 Å². The fourth-order valence-electron chi connectivity index (χ4n) is 2.41. The zero-order chi connectivity index (χ0) is 15.4. The van der Waals surface area contributed by atoms with E-state index in [0.29, 0.717) is 18.5 Å². The van der Waals surface area contributed by atoms with Gasteiger partial charge in [0.05, 0.1) is 0 Å². The van der Waals surface area contributed by atoms with Gasteiger partial charge in [-0.3, -0.25) is 0 Å². The summed E-state index contributed by atoms with van der Waals surface area (Å²) in [7, 11) is 1.68. The largest absolute Gasteiger partial charge is 0.366 e. The summed E-state index contributed by atoms with van der Waals surface area (Å²) in [4.78, 5) is 1.58. The molecular formula is C17H20F2N2. The topological polar surface area (TPSA) is 29.3 Å². The second kappa shape index (κ2) is 6.68. The Balaban J connectivity index is 2.23.